The Morgan fingerprint density at radius 2 is 2.05 bits per heavy atom. The highest BCUT2D eigenvalue weighted by Crippen LogP contribution is 2.00. The van der Waals surface area contributed by atoms with E-state index in [1.54, 1.807) is 22.9 Å². The monoisotopic (exact) mass is 262 g/mol. The van der Waals surface area contributed by atoms with Gasteiger partial charge in [-0.15, -0.1) is 0 Å². The van der Waals surface area contributed by atoms with Gasteiger partial charge in [0.2, 0.25) is 0 Å². The Hall–Kier alpha value is -2.37. The number of allylic oxidation sites excluding steroid dienone is 3. The first-order valence-electron chi connectivity index (χ1n) is 5.92. The third-order valence-electron chi connectivity index (χ3n) is 2.27. The fourth-order valence-corrected chi connectivity index (χ4v) is 1.44. The molecular weight excluding hydrogens is 244 g/mol. The van der Waals surface area contributed by atoms with E-state index in [0.717, 1.165) is 11.4 Å². The highest BCUT2D eigenvalue weighted by Gasteiger charge is 2.07. The molecule has 0 saturated heterocycles. The van der Waals surface area contributed by atoms with E-state index in [9.17, 15) is 9.59 Å². The highest BCUT2D eigenvalue weighted by atomic mass is 16.2. The Balaban J connectivity index is 2.40. The highest BCUT2D eigenvalue weighted by molar-refractivity contribution is 5.89. The van der Waals surface area contributed by atoms with E-state index < -0.39 is 0 Å². The van der Waals surface area contributed by atoms with Crippen molar-refractivity contribution in [3.63, 3.8) is 0 Å². The summed E-state index contributed by atoms with van der Waals surface area (Å²) in [5, 5.41) is 4.16. The Morgan fingerprint density at radius 3 is 2.63 bits per heavy atom. The van der Waals surface area contributed by atoms with Crippen molar-refractivity contribution in [1.29, 1.82) is 0 Å². The topological polar surface area (TPSA) is 76.0 Å². The zero-order chi connectivity index (χ0) is 14.3. The number of hydrazine groups is 1. The number of aromatic nitrogens is 2. The molecule has 6 heteroatoms. The standard InChI is InChI=1S/C13H18N4O2/c1-4-5-6-7-12(18)14-15-13(19)9-17-11(3)8-10(2)16-17/h4-8H,9H2,1-3H3,(H,14,18)(H,15,19)/b5-4+,7-6+. The number of nitrogens with zero attached hydrogens (tertiary/aromatic N) is 2. The summed E-state index contributed by atoms with van der Waals surface area (Å²) in [6.45, 7) is 5.64. The van der Waals surface area contributed by atoms with Crippen LogP contribution in [0.15, 0.2) is 30.4 Å². The van der Waals surface area contributed by atoms with Gasteiger partial charge >= 0.3 is 0 Å². The van der Waals surface area contributed by atoms with Crippen LogP contribution in [0.4, 0.5) is 0 Å². The molecule has 1 rings (SSSR count). The Kier molecular flexibility index (Phi) is 5.53. The van der Waals surface area contributed by atoms with Gasteiger partial charge in [-0.25, -0.2) is 0 Å². The summed E-state index contributed by atoms with van der Waals surface area (Å²) in [5.41, 5.74) is 6.35. The summed E-state index contributed by atoms with van der Waals surface area (Å²) in [4.78, 5) is 22.9. The van der Waals surface area contributed by atoms with E-state index in [-0.39, 0.29) is 18.4 Å². The number of carbonyl (C=O) groups excluding carboxylic acids is 2. The van der Waals surface area contributed by atoms with Gasteiger partial charge in [-0.2, -0.15) is 5.10 Å². The molecule has 0 aliphatic carbocycles. The number of hydrogen-bond acceptors (Lipinski definition) is 3. The molecule has 0 spiro atoms. The molecule has 0 saturated carbocycles. The van der Waals surface area contributed by atoms with Crippen molar-refractivity contribution in [2.24, 2.45) is 0 Å². The van der Waals surface area contributed by atoms with Crippen LogP contribution in [0.1, 0.15) is 18.3 Å². The van der Waals surface area contributed by atoms with Crippen molar-refractivity contribution in [1.82, 2.24) is 20.6 Å². The third kappa shape index (κ3) is 5.20. The molecule has 0 unspecified atom stereocenters. The maximum Gasteiger partial charge on any atom is 0.262 e. The van der Waals surface area contributed by atoms with E-state index in [4.69, 9.17) is 0 Å². The average Bonchev–Trinajstić information content (AvgIpc) is 2.65. The summed E-state index contributed by atoms with van der Waals surface area (Å²) >= 11 is 0. The Bertz CT molecular complexity index is 515. The predicted octanol–water partition coefficient (Wildman–Crippen LogP) is 0.780. The molecule has 0 aliphatic rings. The molecule has 0 radical (unpaired) electrons. The normalized spacial score (nSPS) is 11.1. The number of rotatable bonds is 4. The zero-order valence-electron chi connectivity index (χ0n) is 11.3. The zero-order valence-corrected chi connectivity index (χ0v) is 11.3. The second-order valence-corrected chi connectivity index (χ2v) is 4.01. The van der Waals surface area contributed by atoms with Crippen molar-refractivity contribution >= 4 is 11.8 Å². The van der Waals surface area contributed by atoms with Crippen LogP contribution in [0.5, 0.6) is 0 Å². The van der Waals surface area contributed by atoms with Gasteiger partial charge in [-0.1, -0.05) is 18.2 Å². The summed E-state index contributed by atoms with van der Waals surface area (Å²) in [6, 6.07) is 1.88. The second-order valence-electron chi connectivity index (χ2n) is 4.01. The van der Waals surface area contributed by atoms with Crippen molar-refractivity contribution in [3.8, 4) is 0 Å². The van der Waals surface area contributed by atoms with Gasteiger partial charge in [0.05, 0.1) is 5.69 Å². The molecule has 0 atom stereocenters. The van der Waals surface area contributed by atoms with Crippen LogP contribution >= 0.6 is 0 Å². The van der Waals surface area contributed by atoms with Crippen molar-refractivity contribution in [3.05, 3.63) is 41.8 Å². The van der Waals surface area contributed by atoms with Crippen LogP contribution in [0.25, 0.3) is 0 Å². The third-order valence-corrected chi connectivity index (χ3v) is 2.27. The fraction of sp³-hybridized carbons (Fsp3) is 0.308. The van der Waals surface area contributed by atoms with Crippen LogP contribution in [0.2, 0.25) is 0 Å². The van der Waals surface area contributed by atoms with Gasteiger partial charge in [-0.3, -0.25) is 25.1 Å². The Labute approximate surface area is 112 Å². The van der Waals surface area contributed by atoms with Crippen molar-refractivity contribution < 1.29 is 9.59 Å². The molecule has 1 heterocycles. The SMILES string of the molecule is C/C=C/C=C/C(=O)NNC(=O)Cn1nc(C)cc1C. The minimum absolute atomic E-state index is 0.0680. The first-order valence-corrected chi connectivity index (χ1v) is 5.92. The maximum atomic E-state index is 11.6. The van der Waals surface area contributed by atoms with E-state index in [1.165, 1.54) is 6.08 Å². The van der Waals surface area contributed by atoms with E-state index >= 15 is 0 Å². The van der Waals surface area contributed by atoms with E-state index in [1.807, 2.05) is 26.8 Å². The summed E-state index contributed by atoms with van der Waals surface area (Å²) in [5.74, 6) is -0.723. The van der Waals surface area contributed by atoms with Crippen LogP contribution < -0.4 is 10.9 Å². The lowest BCUT2D eigenvalue weighted by molar-refractivity contribution is -0.127. The van der Waals surface area contributed by atoms with E-state index in [2.05, 4.69) is 16.0 Å². The summed E-state index contributed by atoms with van der Waals surface area (Å²) < 4.78 is 1.58. The average molecular weight is 262 g/mol. The first kappa shape index (κ1) is 14.7. The van der Waals surface area contributed by atoms with Gasteiger partial charge in [-0.05, 0) is 26.8 Å². The lowest BCUT2D eigenvalue weighted by Gasteiger charge is -2.06. The van der Waals surface area contributed by atoms with E-state index in [0.29, 0.717) is 0 Å². The molecule has 6 nitrogen and oxygen atoms in total. The minimum atomic E-state index is -0.389. The van der Waals surface area contributed by atoms with Gasteiger partial charge < -0.3 is 0 Å². The van der Waals surface area contributed by atoms with Crippen LogP contribution in [0.3, 0.4) is 0 Å². The predicted molar refractivity (Wildman–Crippen MR) is 71.9 cm³/mol. The largest absolute Gasteiger partial charge is 0.271 e. The first-order chi connectivity index (χ1) is 9.02. The van der Waals surface area contributed by atoms with Crippen LogP contribution in [0, 0.1) is 13.8 Å². The number of hydrogen-bond donors (Lipinski definition) is 2. The molecule has 19 heavy (non-hydrogen) atoms. The second kappa shape index (κ2) is 7.15. The molecule has 2 amide bonds. The van der Waals surface area contributed by atoms with Crippen molar-refractivity contribution in [2.45, 2.75) is 27.3 Å². The summed E-state index contributed by atoms with van der Waals surface area (Å²) in [6.07, 6.45) is 6.43. The molecule has 1 aromatic rings. The lowest BCUT2D eigenvalue weighted by Crippen LogP contribution is -2.42. The number of carbonyl (C=O) groups is 2. The van der Waals surface area contributed by atoms with Gasteiger partial charge in [0.15, 0.2) is 0 Å². The fourth-order valence-electron chi connectivity index (χ4n) is 1.44. The minimum Gasteiger partial charge on any atom is -0.271 e. The molecule has 0 fully saturated rings. The van der Waals surface area contributed by atoms with Gasteiger partial charge in [0, 0.05) is 11.8 Å². The number of aryl methyl sites for hydroxylation is 2. The number of amides is 2. The molecule has 1 aromatic heterocycles. The molecule has 2 N–H and O–H groups in total. The lowest BCUT2D eigenvalue weighted by atomic mass is 10.4. The number of nitrogens with one attached hydrogen (secondary N) is 2. The summed E-state index contributed by atoms with van der Waals surface area (Å²) in [7, 11) is 0. The quantitative estimate of drug-likeness (QED) is 0.478. The van der Waals surface area contributed by atoms with Gasteiger partial charge in [0.25, 0.3) is 11.8 Å². The van der Waals surface area contributed by atoms with Crippen LogP contribution in [-0.4, -0.2) is 21.6 Å². The molecule has 102 valence electrons. The molecule has 0 aromatic carbocycles. The van der Waals surface area contributed by atoms with Crippen LogP contribution in [-0.2, 0) is 16.1 Å². The van der Waals surface area contributed by atoms with Crippen molar-refractivity contribution in [2.75, 3.05) is 0 Å². The molecule has 0 aliphatic heterocycles. The maximum absolute atomic E-state index is 11.6. The molecular formula is C13H18N4O2. The molecule has 0 bridgehead atoms. The van der Waals surface area contributed by atoms with Gasteiger partial charge in [0.1, 0.15) is 6.54 Å². The Morgan fingerprint density at radius 1 is 1.32 bits per heavy atom. The smallest absolute Gasteiger partial charge is 0.262 e.